The molecule has 2 aromatic carbocycles. The van der Waals surface area contributed by atoms with Gasteiger partial charge in [0.1, 0.15) is 5.82 Å². The van der Waals surface area contributed by atoms with E-state index in [4.69, 9.17) is 16.7 Å². The molecule has 0 saturated heterocycles. The lowest BCUT2D eigenvalue weighted by molar-refractivity contribution is 0.288. The van der Waals surface area contributed by atoms with E-state index in [0.29, 0.717) is 11.6 Å². The Balaban J connectivity index is 1.99. The van der Waals surface area contributed by atoms with Crippen LogP contribution in [0.5, 0.6) is 0 Å². The lowest BCUT2D eigenvalue weighted by atomic mass is 10.1. The summed E-state index contributed by atoms with van der Waals surface area (Å²) in [6.45, 7) is 0.709. The van der Waals surface area contributed by atoms with E-state index in [1.54, 1.807) is 6.07 Å². The average Bonchev–Trinajstić information content (AvgIpc) is 2.42. The second kappa shape index (κ2) is 7.27. The number of aliphatic hydroxyl groups is 1. The van der Waals surface area contributed by atoms with E-state index < -0.39 is 0 Å². The zero-order valence-corrected chi connectivity index (χ0v) is 11.8. The van der Waals surface area contributed by atoms with Gasteiger partial charge in [-0.25, -0.2) is 4.39 Å². The summed E-state index contributed by atoms with van der Waals surface area (Å²) in [5.74, 6) is -0.328. The molecule has 0 spiro atoms. The molecule has 0 amide bonds. The maximum atomic E-state index is 13.2. The molecule has 0 unspecified atom stereocenters. The number of nitrogens with one attached hydrogen (secondary N) is 1. The average molecular weight is 294 g/mol. The molecule has 0 atom stereocenters. The van der Waals surface area contributed by atoms with Crippen LogP contribution in [-0.2, 0) is 13.0 Å². The monoisotopic (exact) mass is 293 g/mol. The first kappa shape index (κ1) is 14.8. The highest BCUT2D eigenvalue weighted by atomic mass is 35.5. The first-order chi connectivity index (χ1) is 9.67. The number of aryl methyl sites for hydroxylation is 1. The van der Waals surface area contributed by atoms with Crippen LogP contribution in [0.15, 0.2) is 42.5 Å². The van der Waals surface area contributed by atoms with Crippen LogP contribution in [0.2, 0.25) is 5.02 Å². The number of hydrogen-bond acceptors (Lipinski definition) is 2. The standard InChI is InChI=1S/C16H17ClFNO/c17-14-7-13(8-15(18)10-14)11-19-16-5-1-3-12(9-16)4-2-6-20/h1,3,5,7-10,19-20H,2,4,6,11H2. The topological polar surface area (TPSA) is 32.3 Å². The fourth-order valence-corrected chi connectivity index (χ4v) is 2.28. The molecular formula is C16H17ClFNO. The molecule has 106 valence electrons. The first-order valence-electron chi connectivity index (χ1n) is 6.56. The fourth-order valence-electron chi connectivity index (χ4n) is 2.04. The molecule has 0 fully saturated rings. The molecule has 0 aliphatic carbocycles. The third-order valence-electron chi connectivity index (χ3n) is 2.97. The smallest absolute Gasteiger partial charge is 0.125 e. The zero-order valence-electron chi connectivity index (χ0n) is 11.1. The van der Waals surface area contributed by atoms with E-state index in [2.05, 4.69) is 5.32 Å². The lowest BCUT2D eigenvalue weighted by Gasteiger charge is -2.09. The van der Waals surface area contributed by atoms with Crippen molar-refractivity contribution >= 4 is 17.3 Å². The summed E-state index contributed by atoms with van der Waals surface area (Å²) in [4.78, 5) is 0. The predicted molar refractivity (Wildman–Crippen MR) is 80.6 cm³/mol. The van der Waals surface area contributed by atoms with Crippen molar-refractivity contribution in [3.63, 3.8) is 0 Å². The Morgan fingerprint density at radius 3 is 2.70 bits per heavy atom. The van der Waals surface area contributed by atoms with Crippen molar-refractivity contribution < 1.29 is 9.50 Å². The van der Waals surface area contributed by atoms with E-state index in [0.717, 1.165) is 24.1 Å². The molecule has 2 rings (SSSR count). The van der Waals surface area contributed by atoms with Crippen LogP contribution in [0, 0.1) is 5.82 Å². The number of anilines is 1. The molecule has 0 saturated carbocycles. The quantitative estimate of drug-likeness (QED) is 0.843. The SMILES string of the molecule is OCCCc1cccc(NCc2cc(F)cc(Cl)c2)c1. The Morgan fingerprint density at radius 2 is 1.95 bits per heavy atom. The molecule has 0 aliphatic heterocycles. The lowest BCUT2D eigenvalue weighted by Crippen LogP contribution is -2.00. The zero-order chi connectivity index (χ0) is 14.4. The van der Waals surface area contributed by atoms with E-state index in [1.807, 2.05) is 24.3 Å². The molecule has 0 radical (unpaired) electrons. The van der Waals surface area contributed by atoms with Crippen molar-refractivity contribution in [3.8, 4) is 0 Å². The Labute approximate surface area is 123 Å². The van der Waals surface area contributed by atoms with Crippen LogP contribution < -0.4 is 5.32 Å². The molecule has 20 heavy (non-hydrogen) atoms. The van der Waals surface area contributed by atoms with Crippen LogP contribution in [0.25, 0.3) is 0 Å². The maximum absolute atomic E-state index is 13.2. The molecule has 0 aromatic heterocycles. The van der Waals surface area contributed by atoms with Crippen molar-refractivity contribution in [2.75, 3.05) is 11.9 Å². The molecular weight excluding hydrogens is 277 g/mol. The minimum atomic E-state index is -0.328. The minimum Gasteiger partial charge on any atom is -0.396 e. The molecule has 2 N–H and O–H groups in total. The van der Waals surface area contributed by atoms with Crippen LogP contribution in [-0.4, -0.2) is 11.7 Å². The van der Waals surface area contributed by atoms with E-state index in [1.165, 1.54) is 17.7 Å². The summed E-state index contributed by atoms with van der Waals surface area (Å²) in [6, 6.07) is 12.5. The predicted octanol–water partition coefficient (Wildman–Crippen LogP) is 4.02. The van der Waals surface area contributed by atoms with Gasteiger partial charge >= 0.3 is 0 Å². The van der Waals surface area contributed by atoms with Gasteiger partial charge in [-0.1, -0.05) is 23.7 Å². The Kier molecular flexibility index (Phi) is 5.39. The molecule has 0 heterocycles. The van der Waals surface area contributed by atoms with Crippen molar-refractivity contribution in [1.82, 2.24) is 0 Å². The third-order valence-corrected chi connectivity index (χ3v) is 3.19. The largest absolute Gasteiger partial charge is 0.396 e. The highest BCUT2D eigenvalue weighted by Crippen LogP contribution is 2.17. The fraction of sp³-hybridized carbons (Fsp3) is 0.250. The summed E-state index contributed by atoms with van der Waals surface area (Å²) in [7, 11) is 0. The highest BCUT2D eigenvalue weighted by molar-refractivity contribution is 6.30. The third kappa shape index (κ3) is 4.51. The van der Waals surface area contributed by atoms with Crippen molar-refractivity contribution in [3.05, 3.63) is 64.4 Å². The summed E-state index contributed by atoms with van der Waals surface area (Å²) in [5.41, 5.74) is 2.94. The van der Waals surface area contributed by atoms with E-state index in [9.17, 15) is 4.39 Å². The molecule has 2 nitrogen and oxygen atoms in total. The highest BCUT2D eigenvalue weighted by Gasteiger charge is 2.00. The van der Waals surface area contributed by atoms with Gasteiger partial charge in [0.25, 0.3) is 0 Å². The second-order valence-corrected chi connectivity index (χ2v) is 5.10. The van der Waals surface area contributed by atoms with Crippen LogP contribution in [0.1, 0.15) is 17.5 Å². The van der Waals surface area contributed by atoms with Gasteiger partial charge in [0, 0.05) is 23.9 Å². The number of aliphatic hydroxyl groups excluding tert-OH is 1. The van der Waals surface area contributed by atoms with Crippen molar-refractivity contribution in [2.45, 2.75) is 19.4 Å². The van der Waals surface area contributed by atoms with Crippen LogP contribution in [0.4, 0.5) is 10.1 Å². The molecule has 2 aromatic rings. The van der Waals surface area contributed by atoms with E-state index >= 15 is 0 Å². The first-order valence-corrected chi connectivity index (χ1v) is 6.94. The number of benzene rings is 2. The summed E-state index contributed by atoms with van der Waals surface area (Å²) in [6.07, 6.45) is 1.60. The van der Waals surface area contributed by atoms with Gasteiger partial charge in [-0.3, -0.25) is 0 Å². The summed E-state index contributed by atoms with van der Waals surface area (Å²) >= 11 is 5.82. The number of halogens is 2. The summed E-state index contributed by atoms with van der Waals surface area (Å²) < 4.78 is 13.2. The minimum absolute atomic E-state index is 0.194. The van der Waals surface area contributed by atoms with Crippen molar-refractivity contribution in [2.24, 2.45) is 0 Å². The summed E-state index contributed by atoms with van der Waals surface area (Å²) in [5, 5.41) is 12.5. The van der Waals surface area contributed by atoms with Gasteiger partial charge in [0.2, 0.25) is 0 Å². The molecule has 0 aliphatic rings. The van der Waals surface area contributed by atoms with Gasteiger partial charge < -0.3 is 10.4 Å². The second-order valence-electron chi connectivity index (χ2n) is 4.66. The Hall–Kier alpha value is -1.58. The number of hydrogen-bond donors (Lipinski definition) is 2. The maximum Gasteiger partial charge on any atom is 0.125 e. The molecule has 4 heteroatoms. The van der Waals surface area contributed by atoms with Gasteiger partial charge in [-0.2, -0.15) is 0 Å². The normalized spacial score (nSPS) is 10.6. The number of rotatable bonds is 6. The van der Waals surface area contributed by atoms with Crippen LogP contribution >= 0.6 is 11.6 Å². The van der Waals surface area contributed by atoms with Crippen LogP contribution in [0.3, 0.4) is 0 Å². The van der Waals surface area contributed by atoms with Gasteiger partial charge in [-0.05, 0) is 54.3 Å². The van der Waals surface area contributed by atoms with Gasteiger partial charge in [-0.15, -0.1) is 0 Å². The van der Waals surface area contributed by atoms with Gasteiger partial charge in [0.05, 0.1) is 0 Å². The van der Waals surface area contributed by atoms with Gasteiger partial charge in [0.15, 0.2) is 0 Å². The Bertz CT molecular complexity index is 554. The van der Waals surface area contributed by atoms with E-state index in [-0.39, 0.29) is 12.4 Å². The Morgan fingerprint density at radius 1 is 1.10 bits per heavy atom. The molecule has 0 bridgehead atoms. The van der Waals surface area contributed by atoms with Crippen molar-refractivity contribution in [1.29, 1.82) is 0 Å².